The summed E-state index contributed by atoms with van der Waals surface area (Å²) in [7, 11) is 0. The topological polar surface area (TPSA) is 9.23 Å². The lowest BCUT2D eigenvalue weighted by Crippen LogP contribution is -2.10. The molecule has 0 aromatic heterocycles. The van der Waals surface area contributed by atoms with Crippen LogP contribution in [0.2, 0.25) is 0 Å². The maximum absolute atomic E-state index is 5.89. The molecule has 3 rings (SSSR count). The van der Waals surface area contributed by atoms with Crippen LogP contribution in [0.5, 0.6) is 11.5 Å². The Hall–Kier alpha value is -2.54. The highest BCUT2D eigenvalue weighted by Gasteiger charge is 2.16. The van der Waals surface area contributed by atoms with E-state index in [-0.39, 0.29) is 0 Å². The summed E-state index contributed by atoms with van der Waals surface area (Å²) >= 11 is 0. The summed E-state index contributed by atoms with van der Waals surface area (Å²) in [6.45, 7) is 4.59. The van der Waals surface area contributed by atoms with Gasteiger partial charge in [0.2, 0.25) is 0 Å². The Labute approximate surface area is 144 Å². The highest BCUT2D eigenvalue weighted by Crippen LogP contribution is 2.30. The van der Waals surface area contributed by atoms with Gasteiger partial charge in [0.25, 0.3) is 0 Å². The first-order chi connectivity index (χ1) is 11.7. The van der Waals surface area contributed by atoms with Crippen LogP contribution in [0.1, 0.15) is 30.9 Å². The normalized spacial score (nSPS) is 12.1. The van der Waals surface area contributed by atoms with Crippen LogP contribution in [-0.2, 0) is 6.42 Å². The van der Waals surface area contributed by atoms with Gasteiger partial charge < -0.3 is 4.74 Å². The molecule has 0 N–H and O–H groups in total. The summed E-state index contributed by atoms with van der Waals surface area (Å²) in [5.74, 6) is 2.85. The summed E-state index contributed by atoms with van der Waals surface area (Å²) < 4.78 is 5.89. The van der Waals surface area contributed by atoms with Gasteiger partial charge in [-0.1, -0.05) is 74.5 Å². The quantitative estimate of drug-likeness (QED) is 0.507. The van der Waals surface area contributed by atoms with Crippen molar-refractivity contribution in [3.05, 3.63) is 96.1 Å². The lowest BCUT2D eigenvalue weighted by atomic mass is 9.83. The maximum Gasteiger partial charge on any atom is 0.127 e. The van der Waals surface area contributed by atoms with Crippen LogP contribution in [0.25, 0.3) is 0 Å². The van der Waals surface area contributed by atoms with Crippen molar-refractivity contribution in [2.24, 2.45) is 5.92 Å². The van der Waals surface area contributed by atoms with E-state index in [4.69, 9.17) is 4.74 Å². The van der Waals surface area contributed by atoms with Crippen LogP contribution in [0.4, 0.5) is 0 Å². The van der Waals surface area contributed by atoms with E-state index >= 15 is 0 Å². The molecule has 0 saturated heterocycles. The third-order valence-electron chi connectivity index (χ3n) is 4.39. The minimum Gasteiger partial charge on any atom is -0.457 e. The Morgan fingerprint density at radius 1 is 0.667 bits per heavy atom. The number of hydrogen-bond donors (Lipinski definition) is 0. The third kappa shape index (κ3) is 4.26. The zero-order valence-corrected chi connectivity index (χ0v) is 14.4. The molecule has 0 amide bonds. The van der Waals surface area contributed by atoms with E-state index < -0.39 is 0 Å². The first-order valence-electron chi connectivity index (χ1n) is 8.59. The predicted molar refractivity (Wildman–Crippen MR) is 101 cm³/mol. The Balaban J connectivity index is 1.74. The van der Waals surface area contributed by atoms with Crippen LogP contribution < -0.4 is 4.74 Å². The Morgan fingerprint density at radius 3 is 1.79 bits per heavy atom. The molecule has 24 heavy (non-hydrogen) atoms. The van der Waals surface area contributed by atoms with Crippen molar-refractivity contribution >= 4 is 0 Å². The minimum atomic E-state index is 0.512. The average molecular weight is 316 g/mol. The van der Waals surface area contributed by atoms with Gasteiger partial charge in [-0.05, 0) is 53.6 Å². The molecule has 1 unspecified atom stereocenters. The van der Waals surface area contributed by atoms with Crippen LogP contribution in [0.15, 0.2) is 84.9 Å². The van der Waals surface area contributed by atoms with Gasteiger partial charge in [-0.15, -0.1) is 0 Å². The van der Waals surface area contributed by atoms with Crippen molar-refractivity contribution < 1.29 is 4.74 Å². The second-order valence-corrected chi connectivity index (χ2v) is 6.52. The zero-order chi connectivity index (χ0) is 16.8. The van der Waals surface area contributed by atoms with E-state index in [9.17, 15) is 0 Å². The zero-order valence-electron chi connectivity index (χ0n) is 14.4. The van der Waals surface area contributed by atoms with E-state index in [2.05, 4.69) is 68.4 Å². The number of para-hydroxylation sites is 1. The average Bonchev–Trinajstić information content (AvgIpc) is 2.62. The second-order valence-electron chi connectivity index (χ2n) is 6.52. The molecule has 0 aliphatic rings. The van der Waals surface area contributed by atoms with E-state index in [1.807, 2.05) is 30.3 Å². The first kappa shape index (κ1) is 16.3. The molecule has 122 valence electrons. The molecule has 1 heteroatoms. The van der Waals surface area contributed by atoms with Gasteiger partial charge in [0.1, 0.15) is 11.5 Å². The molecular weight excluding hydrogens is 292 g/mol. The molecule has 0 aliphatic heterocycles. The summed E-state index contributed by atoms with van der Waals surface area (Å²) in [5, 5.41) is 0. The largest absolute Gasteiger partial charge is 0.457 e. The van der Waals surface area contributed by atoms with Gasteiger partial charge in [-0.25, -0.2) is 0 Å². The molecule has 1 nitrogen and oxygen atoms in total. The van der Waals surface area contributed by atoms with E-state index in [1.165, 1.54) is 11.1 Å². The molecule has 3 aromatic rings. The number of ether oxygens (including phenoxy) is 1. The van der Waals surface area contributed by atoms with Crippen molar-refractivity contribution in [1.29, 1.82) is 0 Å². The van der Waals surface area contributed by atoms with Crippen molar-refractivity contribution in [3.63, 3.8) is 0 Å². The molecule has 0 spiro atoms. The number of benzene rings is 3. The highest BCUT2D eigenvalue weighted by molar-refractivity contribution is 5.35. The van der Waals surface area contributed by atoms with Crippen LogP contribution in [-0.4, -0.2) is 0 Å². The highest BCUT2D eigenvalue weighted by atomic mass is 16.5. The fourth-order valence-electron chi connectivity index (χ4n) is 3.01. The smallest absolute Gasteiger partial charge is 0.127 e. The van der Waals surface area contributed by atoms with Crippen LogP contribution >= 0.6 is 0 Å². The first-order valence-corrected chi connectivity index (χ1v) is 8.59. The Kier molecular flexibility index (Phi) is 5.32. The van der Waals surface area contributed by atoms with Crippen molar-refractivity contribution in [1.82, 2.24) is 0 Å². The van der Waals surface area contributed by atoms with Gasteiger partial charge in [-0.3, -0.25) is 0 Å². The summed E-state index contributed by atoms with van der Waals surface area (Å²) in [5.41, 5.74) is 2.76. The fourth-order valence-corrected chi connectivity index (χ4v) is 3.01. The molecule has 0 saturated carbocycles. The predicted octanol–water partition coefficient (Wildman–Crippen LogP) is 6.46. The van der Waals surface area contributed by atoms with Gasteiger partial charge in [-0.2, -0.15) is 0 Å². The minimum absolute atomic E-state index is 0.512. The third-order valence-corrected chi connectivity index (χ3v) is 4.39. The Bertz CT molecular complexity index is 730. The summed E-state index contributed by atoms with van der Waals surface area (Å²) in [6.07, 6.45) is 1.07. The van der Waals surface area contributed by atoms with Crippen LogP contribution in [0, 0.1) is 5.92 Å². The van der Waals surface area contributed by atoms with E-state index in [0.29, 0.717) is 11.8 Å². The van der Waals surface area contributed by atoms with E-state index in [1.54, 1.807) is 0 Å². The standard InChI is InChI=1S/C23H24O/c1-18(2)23(17-19-9-5-3-6-10-19)20-13-15-22(16-14-20)24-21-11-7-4-8-12-21/h3-16,18,23H,17H2,1-2H3. The van der Waals surface area contributed by atoms with Gasteiger partial charge >= 0.3 is 0 Å². The summed E-state index contributed by atoms with van der Waals surface area (Å²) in [6, 6.07) is 29.2. The molecule has 3 aromatic carbocycles. The monoisotopic (exact) mass is 316 g/mol. The van der Waals surface area contributed by atoms with Crippen molar-refractivity contribution in [2.75, 3.05) is 0 Å². The summed E-state index contributed by atoms with van der Waals surface area (Å²) in [4.78, 5) is 0. The molecule has 1 atom stereocenters. The van der Waals surface area contributed by atoms with E-state index in [0.717, 1.165) is 17.9 Å². The number of hydrogen-bond acceptors (Lipinski definition) is 1. The lowest BCUT2D eigenvalue weighted by molar-refractivity contribution is 0.477. The van der Waals surface area contributed by atoms with Crippen molar-refractivity contribution in [2.45, 2.75) is 26.2 Å². The van der Waals surface area contributed by atoms with Crippen molar-refractivity contribution in [3.8, 4) is 11.5 Å². The molecule has 0 bridgehead atoms. The Morgan fingerprint density at radius 2 is 1.21 bits per heavy atom. The van der Waals surface area contributed by atoms with Gasteiger partial charge in [0.05, 0.1) is 0 Å². The second kappa shape index (κ2) is 7.83. The molecule has 0 fully saturated rings. The molecule has 0 heterocycles. The SMILES string of the molecule is CC(C)C(Cc1ccccc1)c1ccc(Oc2ccccc2)cc1. The molecule has 0 radical (unpaired) electrons. The maximum atomic E-state index is 5.89. The number of rotatable bonds is 6. The van der Waals surface area contributed by atoms with Crippen LogP contribution in [0.3, 0.4) is 0 Å². The lowest BCUT2D eigenvalue weighted by Gasteiger charge is -2.22. The molecular formula is C23H24O. The van der Waals surface area contributed by atoms with Gasteiger partial charge in [0.15, 0.2) is 0 Å². The van der Waals surface area contributed by atoms with Gasteiger partial charge in [0, 0.05) is 0 Å². The molecule has 0 aliphatic carbocycles. The fraction of sp³-hybridized carbons (Fsp3) is 0.217.